The Labute approximate surface area is 113 Å². The molecule has 104 valence electrons. The molecule has 1 saturated carbocycles. The fourth-order valence-electron chi connectivity index (χ4n) is 2.73. The summed E-state index contributed by atoms with van der Waals surface area (Å²) < 4.78 is 5.15. The van der Waals surface area contributed by atoms with Crippen molar-refractivity contribution < 1.29 is 14.6 Å². The summed E-state index contributed by atoms with van der Waals surface area (Å²) in [5.41, 5.74) is 1.74. The molecule has 0 spiro atoms. The summed E-state index contributed by atoms with van der Waals surface area (Å²) in [5, 5.41) is 12.8. The number of carboxylic acid groups (broad SMARTS) is 1. The third-order valence-electron chi connectivity index (χ3n) is 3.67. The highest BCUT2D eigenvalue weighted by atomic mass is 16.5. The van der Waals surface area contributed by atoms with Gasteiger partial charge in [-0.2, -0.15) is 0 Å². The zero-order chi connectivity index (χ0) is 13.7. The SMILES string of the molecule is COCc1ccccc1C(NC1CCCC1)C(=O)O. The van der Waals surface area contributed by atoms with E-state index in [2.05, 4.69) is 5.32 Å². The van der Waals surface area contributed by atoms with Gasteiger partial charge in [-0.05, 0) is 24.0 Å². The van der Waals surface area contributed by atoms with Crippen molar-refractivity contribution in [3.8, 4) is 0 Å². The lowest BCUT2D eigenvalue weighted by molar-refractivity contribution is -0.139. The molecule has 2 rings (SSSR count). The van der Waals surface area contributed by atoms with Gasteiger partial charge in [0, 0.05) is 13.2 Å². The van der Waals surface area contributed by atoms with Crippen LogP contribution in [-0.2, 0) is 16.1 Å². The lowest BCUT2D eigenvalue weighted by Crippen LogP contribution is -2.36. The predicted molar refractivity (Wildman–Crippen MR) is 72.9 cm³/mol. The number of hydrogen-bond acceptors (Lipinski definition) is 3. The molecule has 4 nitrogen and oxygen atoms in total. The van der Waals surface area contributed by atoms with Crippen molar-refractivity contribution in [1.82, 2.24) is 5.32 Å². The Bertz CT molecular complexity index is 427. The highest BCUT2D eigenvalue weighted by molar-refractivity contribution is 5.76. The number of carboxylic acids is 1. The molecule has 0 heterocycles. The first kappa shape index (κ1) is 14.0. The summed E-state index contributed by atoms with van der Waals surface area (Å²) in [5.74, 6) is -0.824. The molecule has 2 N–H and O–H groups in total. The second kappa shape index (κ2) is 6.68. The Morgan fingerprint density at radius 2 is 2.11 bits per heavy atom. The van der Waals surface area contributed by atoms with Crippen molar-refractivity contribution in [2.75, 3.05) is 7.11 Å². The lowest BCUT2D eigenvalue weighted by atomic mass is 9.99. The van der Waals surface area contributed by atoms with Crippen LogP contribution in [0.2, 0.25) is 0 Å². The number of ether oxygens (including phenoxy) is 1. The highest BCUT2D eigenvalue weighted by Gasteiger charge is 2.26. The van der Waals surface area contributed by atoms with Crippen LogP contribution in [0.3, 0.4) is 0 Å². The number of hydrogen-bond donors (Lipinski definition) is 2. The van der Waals surface area contributed by atoms with Crippen LogP contribution in [0.15, 0.2) is 24.3 Å². The van der Waals surface area contributed by atoms with E-state index in [0.29, 0.717) is 12.6 Å². The van der Waals surface area contributed by atoms with E-state index in [-0.39, 0.29) is 0 Å². The van der Waals surface area contributed by atoms with Crippen molar-refractivity contribution in [2.45, 2.75) is 44.4 Å². The van der Waals surface area contributed by atoms with Crippen molar-refractivity contribution in [1.29, 1.82) is 0 Å². The Morgan fingerprint density at radius 1 is 1.42 bits per heavy atom. The average molecular weight is 263 g/mol. The molecule has 1 aliphatic rings. The molecule has 1 aromatic rings. The Morgan fingerprint density at radius 3 is 2.74 bits per heavy atom. The van der Waals surface area contributed by atoms with Crippen LogP contribution in [0.25, 0.3) is 0 Å². The Hall–Kier alpha value is -1.39. The number of benzene rings is 1. The number of nitrogens with one attached hydrogen (secondary N) is 1. The van der Waals surface area contributed by atoms with Crippen LogP contribution < -0.4 is 5.32 Å². The lowest BCUT2D eigenvalue weighted by Gasteiger charge is -2.22. The predicted octanol–water partition coefficient (Wildman–Crippen LogP) is 2.49. The van der Waals surface area contributed by atoms with Crippen LogP contribution in [-0.4, -0.2) is 24.2 Å². The van der Waals surface area contributed by atoms with Gasteiger partial charge in [-0.15, -0.1) is 0 Å². The molecule has 0 amide bonds. The maximum Gasteiger partial charge on any atom is 0.325 e. The first-order valence-electron chi connectivity index (χ1n) is 6.78. The Balaban J connectivity index is 2.20. The maximum absolute atomic E-state index is 11.5. The quantitative estimate of drug-likeness (QED) is 0.828. The normalized spacial score (nSPS) is 17.5. The molecule has 19 heavy (non-hydrogen) atoms. The van der Waals surface area contributed by atoms with E-state index in [9.17, 15) is 9.90 Å². The van der Waals surface area contributed by atoms with Crippen molar-refractivity contribution >= 4 is 5.97 Å². The van der Waals surface area contributed by atoms with Crippen molar-refractivity contribution in [3.63, 3.8) is 0 Å². The smallest absolute Gasteiger partial charge is 0.325 e. The highest BCUT2D eigenvalue weighted by Crippen LogP contribution is 2.24. The fourth-order valence-corrected chi connectivity index (χ4v) is 2.73. The van der Waals surface area contributed by atoms with Gasteiger partial charge in [0.2, 0.25) is 0 Å². The molecule has 4 heteroatoms. The zero-order valence-electron chi connectivity index (χ0n) is 11.3. The van der Waals surface area contributed by atoms with Gasteiger partial charge >= 0.3 is 5.97 Å². The third kappa shape index (κ3) is 3.55. The van der Waals surface area contributed by atoms with Gasteiger partial charge in [-0.25, -0.2) is 0 Å². The van der Waals surface area contributed by atoms with Gasteiger partial charge in [0.25, 0.3) is 0 Å². The standard InChI is InChI=1S/C15H21NO3/c1-19-10-11-6-2-5-9-13(11)14(15(17)18)16-12-7-3-4-8-12/h2,5-6,9,12,14,16H,3-4,7-8,10H2,1H3,(H,17,18). The number of methoxy groups -OCH3 is 1. The van der Waals surface area contributed by atoms with Crippen LogP contribution in [0, 0.1) is 0 Å². The van der Waals surface area contributed by atoms with Gasteiger partial charge < -0.3 is 9.84 Å². The minimum Gasteiger partial charge on any atom is -0.480 e. The zero-order valence-corrected chi connectivity index (χ0v) is 11.3. The topological polar surface area (TPSA) is 58.6 Å². The van der Waals surface area contributed by atoms with E-state index in [4.69, 9.17) is 4.74 Å². The summed E-state index contributed by atoms with van der Waals surface area (Å²) in [6.07, 6.45) is 4.50. The molecule has 1 atom stereocenters. The number of carbonyl (C=O) groups is 1. The number of aliphatic carboxylic acids is 1. The van der Waals surface area contributed by atoms with Crippen molar-refractivity contribution in [2.24, 2.45) is 0 Å². The van der Waals surface area contributed by atoms with Crippen molar-refractivity contribution in [3.05, 3.63) is 35.4 Å². The largest absolute Gasteiger partial charge is 0.480 e. The molecule has 1 unspecified atom stereocenters. The molecule has 0 bridgehead atoms. The fraction of sp³-hybridized carbons (Fsp3) is 0.533. The first-order chi connectivity index (χ1) is 9.22. The summed E-state index contributed by atoms with van der Waals surface area (Å²) in [7, 11) is 1.62. The summed E-state index contributed by atoms with van der Waals surface area (Å²) >= 11 is 0. The van der Waals surface area contributed by atoms with Crippen LogP contribution >= 0.6 is 0 Å². The minimum atomic E-state index is -0.824. The molecular weight excluding hydrogens is 242 g/mol. The molecule has 1 fully saturated rings. The summed E-state index contributed by atoms with van der Waals surface area (Å²) in [6, 6.07) is 7.25. The van der Waals surface area contributed by atoms with E-state index in [1.807, 2.05) is 24.3 Å². The second-order valence-corrected chi connectivity index (χ2v) is 5.05. The monoisotopic (exact) mass is 263 g/mol. The first-order valence-corrected chi connectivity index (χ1v) is 6.78. The van der Waals surface area contributed by atoms with Gasteiger partial charge in [0.1, 0.15) is 6.04 Å². The summed E-state index contributed by atoms with van der Waals surface area (Å²) in [4.78, 5) is 11.5. The van der Waals surface area contributed by atoms with Gasteiger partial charge in [0.05, 0.1) is 6.61 Å². The molecule has 1 aliphatic carbocycles. The van der Waals surface area contributed by atoms with Crippen LogP contribution in [0.1, 0.15) is 42.9 Å². The Kier molecular flexibility index (Phi) is 4.93. The molecule has 0 saturated heterocycles. The van der Waals surface area contributed by atoms with Crippen LogP contribution in [0.4, 0.5) is 0 Å². The van der Waals surface area contributed by atoms with E-state index >= 15 is 0 Å². The summed E-state index contributed by atoms with van der Waals surface area (Å²) in [6.45, 7) is 0.437. The van der Waals surface area contributed by atoms with Gasteiger partial charge in [-0.1, -0.05) is 37.1 Å². The van der Waals surface area contributed by atoms with E-state index < -0.39 is 12.0 Å². The number of rotatable bonds is 6. The second-order valence-electron chi connectivity index (χ2n) is 5.05. The van der Waals surface area contributed by atoms with E-state index in [1.165, 1.54) is 12.8 Å². The van der Waals surface area contributed by atoms with Crippen LogP contribution in [0.5, 0.6) is 0 Å². The van der Waals surface area contributed by atoms with E-state index in [1.54, 1.807) is 7.11 Å². The third-order valence-corrected chi connectivity index (χ3v) is 3.67. The van der Waals surface area contributed by atoms with Gasteiger partial charge in [0.15, 0.2) is 0 Å². The minimum absolute atomic E-state index is 0.316. The maximum atomic E-state index is 11.5. The molecule has 0 radical (unpaired) electrons. The van der Waals surface area contributed by atoms with Gasteiger partial charge in [-0.3, -0.25) is 10.1 Å². The molecule has 1 aromatic carbocycles. The van der Waals surface area contributed by atoms with E-state index in [0.717, 1.165) is 24.0 Å². The average Bonchev–Trinajstić information content (AvgIpc) is 2.90. The molecular formula is C15H21NO3. The molecule has 0 aromatic heterocycles. The molecule has 0 aliphatic heterocycles.